The Bertz CT molecular complexity index is 233. The van der Waals surface area contributed by atoms with Gasteiger partial charge in [0.15, 0.2) is 0 Å². The van der Waals surface area contributed by atoms with Gasteiger partial charge in [-0.25, -0.2) is 0 Å². The van der Waals surface area contributed by atoms with Gasteiger partial charge in [-0.05, 0) is 17.7 Å². The highest BCUT2D eigenvalue weighted by molar-refractivity contribution is 5.23. The number of hydrogen-bond donors (Lipinski definition) is 2. The van der Waals surface area contributed by atoms with Crippen molar-refractivity contribution in [2.75, 3.05) is 6.54 Å². The predicted octanol–water partition coefficient (Wildman–Crippen LogP) is 1.25. The highest BCUT2D eigenvalue weighted by Crippen LogP contribution is 2.03. The maximum absolute atomic E-state index is 5.53. The van der Waals surface area contributed by atoms with E-state index in [-0.39, 0.29) is 0 Å². The molecule has 0 heterocycles. The molecular formula is C10H16N2. The third-order valence-corrected chi connectivity index (χ3v) is 1.81. The highest BCUT2D eigenvalue weighted by atomic mass is 14.8. The molecule has 0 aromatic heterocycles. The number of rotatable bonds is 4. The Morgan fingerprint density at radius 1 is 1.33 bits per heavy atom. The lowest BCUT2D eigenvalue weighted by Crippen LogP contribution is -2.12. The summed E-state index contributed by atoms with van der Waals surface area (Å²) in [5, 5.41) is 3.28. The van der Waals surface area contributed by atoms with Crippen LogP contribution in [0.2, 0.25) is 0 Å². The monoisotopic (exact) mass is 164 g/mol. The molecule has 1 rings (SSSR count). The molecule has 2 nitrogen and oxygen atoms in total. The predicted molar refractivity (Wildman–Crippen MR) is 51.7 cm³/mol. The van der Waals surface area contributed by atoms with Crippen LogP contribution in [0.5, 0.6) is 0 Å². The molecule has 0 aliphatic rings. The molecule has 2 heteroatoms. The second-order valence-electron chi connectivity index (χ2n) is 2.80. The summed E-state index contributed by atoms with van der Waals surface area (Å²) in [6.45, 7) is 4.67. The Morgan fingerprint density at radius 3 is 2.75 bits per heavy atom. The second kappa shape index (κ2) is 4.91. The van der Waals surface area contributed by atoms with Crippen LogP contribution in [0.25, 0.3) is 0 Å². The standard InChI is InChI=1S/C10H16N2/c1-2-12-8-10-5-3-4-9(6-10)7-11/h3-6,12H,2,7-8,11H2,1H3. The van der Waals surface area contributed by atoms with Gasteiger partial charge >= 0.3 is 0 Å². The molecule has 0 aliphatic heterocycles. The van der Waals surface area contributed by atoms with Crippen LogP contribution in [-0.2, 0) is 13.1 Å². The summed E-state index contributed by atoms with van der Waals surface area (Å²) in [5.41, 5.74) is 8.03. The van der Waals surface area contributed by atoms with Crippen LogP contribution >= 0.6 is 0 Å². The van der Waals surface area contributed by atoms with Crippen molar-refractivity contribution < 1.29 is 0 Å². The molecular weight excluding hydrogens is 148 g/mol. The van der Waals surface area contributed by atoms with Gasteiger partial charge in [0.05, 0.1) is 0 Å². The van der Waals surface area contributed by atoms with Crippen molar-refractivity contribution in [3.05, 3.63) is 35.4 Å². The summed E-state index contributed by atoms with van der Waals surface area (Å²) in [4.78, 5) is 0. The Hall–Kier alpha value is -0.860. The molecule has 0 saturated heterocycles. The minimum absolute atomic E-state index is 0.625. The van der Waals surface area contributed by atoms with E-state index < -0.39 is 0 Å². The Kier molecular flexibility index (Phi) is 3.77. The lowest BCUT2D eigenvalue weighted by Gasteiger charge is -2.03. The van der Waals surface area contributed by atoms with E-state index in [0.717, 1.165) is 13.1 Å². The van der Waals surface area contributed by atoms with E-state index in [1.807, 2.05) is 0 Å². The van der Waals surface area contributed by atoms with Crippen molar-refractivity contribution in [3.63, 3.8) is 0 Å². The first-order valence-electron chi connectivity index (χ1n) is 4.35. The number of nitrogens with two attached hydrogens (primary N) is 1. The van der Waals surface area contributed by atoms with Crippen LogP contribution in [0, 0.1) is 0 Å². The van der Waals surface area contributed by atoms with Gasteiger partial charge < -0.3 is 11.1 Å². The average Bonchev–Trinajstić information content (AvgIpc) is 2.15. The zero-order valence-corrected chi connectivity index (χ0v) is 7.51. The minimum atomic E-state index is 0.625. The van der Waals surface area contributed by atoms with E-state index >= 15 is 0 Å². The molecule has 0 atom stereocenters. The summed E-state index contributed by atoms with van der Waals surface area (Å²) in [6.07, 6.45) is 0. The molecule has 3 N–H and O–H groups in total. The first-order valence-corrected chi connectivity index (χ1v) is 4.35. The zero-order valence-electron chi connectivity index (χ0n) is 7.51. The summed E-state index contributed by atoms with van der Waals surface area (Å²) >= 11 is 0. The number of hydrogen-bond acceptors (Lipinski definition) is 2. The topological polar surface area (TPSA) is 38.0 Å². The van der Waals surface area contributed by atoms with Crippen LogP contribution in [-0.4, -0.2) is 6.54 Å². The molecule has 0 spiro atoms. The van der Waals surface area contributed by atoms with Gasteiger partial charge in [0.1, 0.15) is 0 Å². The van der Waals surface area contributed by atoms with Crippen molar-refractivity contribution >= 4 is 0 Å². The van der Waals surface area contributed by atoms with Crippen LogP contribution in [0.1, 0.15) is 18.1 Å². The van der Waals surface area contributed by atoms with Crippen LogP contribution in [0.15, 0.2) is 24.3 Å². The van der Waals surface area contributed by atoms with Crippen LogP contribution in [0.3, 0.4) is 0 Å². The molecule has 12 heavy (non-hydrogen) atoms. The maximum Gasteiger partial charge on any atom is 0.0205 e. The SMILES string of the molecule is CCNCc1cccc(CN)c1. The third kappa shape index (κ3) is 2.64. The average molecular weight is 164 g/mol. The summed E-state index contributed by atoms with van der Waals surface area (Å²) in [6, 6.07) is 8.36. The molecule has 0 radical (unpaired) electrons. The molecule has 0 aliphatic carbocycles. The van der Waals surface area contributed by atoms with E-state index in [1.54, 1.807) is 0 Å². The van der Waals surface area contributed by atoms with Crippen molar-refractivity contribution in [2.24, 2.45) is 5.73 Å². The van der Waals surface area contributed by atoms with Crippen molar-refractivity contribution in [1.82, 2.24) is 5.32 Å². The van der Waals surface area contributed by atoms with Gasteiger partial charge in [-0.3, -0.25) is 0 Å². The fourth-order valence-electron chi connectivity index (χ4n) is 1.14. The maximum atomic E-state index is 5.53. The lowest BCUT2D eigenvalue weighted by atomic mass is 10.1. The van der Waals surface area contributed by atoms with Gasteiger partial charge in [-0.1, -0.05) is 31.2 Å². The molecule has 0 saturated carbocycles. The van der Waals surface area contributed by atoms with E-state index in [0.29, 0.717) is 6.54 Å². The summed E-state index contributed by atoms with van der Waals surface area (Å²) in [7, 11) is 0. The van der Waals surface area contributed by atoms with Gasteiger partial charge in [0, 0.05) is 13.1 Å². The Labute approximate surface area is 73.8 Å². The number of nitrogens with one attached hydrogen (secondary N) is 1. The number of benzene rings is 1. The van der Waals surface area contributed by atoms with Crippen LogP contribution in [0.4, 0.5) is 0 Å². The summed E-state index contributed by atoms with van der Waals surface area (Å²) in [5.74, 6) is 0. The molecule has 1 aromatic rings. The second-order valence-corrected chi connectivity index (χ2v) is 2.80. The van der Waals surface area contributed by atoms with E-state index in [9.17, 15) is 0 Å². The molecule has 0 unspecified atom stereocenters. The fraction of sp³-hybridized carbons (Fsp3) is 0.400. The van der Waals surface area contributed by atoms with Crippen molar-refractivity contribution in [2.45, 2.75) is 20.0 Å². The van der Waals surface area contributed by atoms with Crippen molar-refractivity contribution in [1.29, 1.82) is 0 Å². The molecule has 66 valence electrons. The first kappa shape index (κ1) is 9.23. The van der Waals surface area contributed by atoms with E-state index in [1.165, 1.54) is 11.1 Å². The Balaban J connectivity index is 2.60. The van der Waals surface area contributed by atoms with E-state index in [4.69, 9.17) is 5.73 Å². The Morgan fingerprint density at radius 2 is 2.08 bits per heavy atom. The zero-order chi connectivity index (χ0) is 8.81. The van der Waals surface area contributed by atoms with Gasteiger partial charge in [-0.15, -0.1) is 0 Å². The third-order valence-electron chi connectivity index (χ3n) is 1.81. The fourth-order valence-corrected chi connectivity index (χ4v) is 1.14. The molecule has 0 amide bonds. The van der Waals surface area contributed by atoms with Crippen LogP contribution < -0.4 is 11.1 Å². The molecule has 0 fully saturated rings. The van der Waals surface area contributed by atoms with Gasteiger partial charge in [-0.2, -0.15) is 0 Å². The normalized spacial score (nSPS) is 10.2. The smallest absolute Gasteiger partial charge is 0.0205 e. The quantitative estimate of drug-likeness (QED) is 0.703. The van der Waals surface area contributed by atoms with Gasteiger partial charge in [0.25, 0.3) is 0 Å². The molecule has 0 bridgehead atoms. The molecule has 1 aromatic carbocycles. The highest BCUT2D eigenvalue weighted by Gasteiger charge is 1.92. The lowest BCUT2D eigenvalue weighted by molar-refractivity contribution is 0.726. The minimum Gasteiger partial charge on any atom is -0.326 e. The van der Waals surface area contributed by atoms with Crippen molar-refractivity contribution in [3.8, 4) is 0 Å². The summed E-state index contributed by atoms with van der Waals surface area (Å²) < 4.78 is 0. The first-order chi connectivity index (χ1) is 5.86. The van der Waals surface area contributed by atoms with Gasteiger partial charge in [0.2, 0.25) is 0 Å². The van der Waals surface area contributed by atoms with E-state index in [2.05, 4.69) is 36.5 Å². The largest absolute Gasteiger partial charge is 0.326 e.